The second-order valence-corrected chi connectivity index (χ2v) is 7.78. The number of fused-ring (bicyclic) bond motifs is 1. The summed E-state index contributed by atoms with van der Waals surface area (Å²) in [7, 11) is 1.68. The molecule has 5 heteroatoms. The van der Waals surface area contributed by atoms with Crippen molar-refractivity contribution in [2.45, 2.75) is 40.2 Å². The van der Waals surface area contributed by atoms with E-state index in [1.807, 2.05) is 10.7 Å². The van der Waals surface area contributed by atoms with Gasteiger partial charge in [-0.25, -0.2) is 4.98 Å². The van der Waals surface area contributed by atoms with Gasteiger partial charge in [0.15, 0.2) is 4.60 Å². The van der Waals surface area contributed by atoms with Crippen molar-refractivity contribution in [3.63, 3.8) is 0 Å². The Balaban J connectivity index is 2.35. The summed E-state index contributed by atoms with van der Waals surface area (Å²) < 4.78 is 8.39. The van der Waals surface area contributed by atoms with Gasteiger partial charge in [0.05, 0.1) is 18.2 Å². The van der Waals surface area contributed by atoms with Crippen LogP contribution in [-0.4, -0.2) is 21.9 Å². The normalized spacial score (nSPS) is 12.0. The lowest BCUT2D eigenvalue weighted by atomic mass is 10.00. The molecule has 126 valence electrons. The first-order valence-corrected chi connectivity index (χ1v) is 8.73. The standard InChI is InChI=1S/C19H22BrN3O/c1-11-8-7-9-13(12(11)2)16-15(24-6)10-14-17(21-16)18(20)22-23(14)19(3,4)5/h7-10H,1-6H3. The van der Waals surface area contributed by atoms with Crippen LogP contribution in [0.1, 0.15) is 31.9 Å². The largest absolute Gasteiger partial charge is 0.494 e. The van der Waals surface area contributed by atoms with Gasteiger partial charge in [0, 0.05) is 11.6 Å². The summed E-state index contributed by atoms with van der Waals surface area (Å²) in [5, 5.41) is 4.63. The number of pyridine rings is 1. The third-order valence-corrected chi connectivity index (χ3v) is 4.83. The Morgan fingerprint density at radius 1 is 1.17 bits per heavy atom. The van der Waals surface area contributed by atoms with Gasteiger partial charge in [-0.15, -0.1) is 0 Å². The second kappa shape index (κ2) is 5.88. The summed E-state index contributed by atoms with van der Waals surface area (Å²) >= 11 is 3.56. The van der Waals surface area contributed by atoms with Crippen molar-refractivity contribution in [1.29, 1.82) is 0 Å². The van der Waals surface area contributed by atoms with Crippen molar-refractivity contribution in [3.05, 3.63) is 40.0 Å². The summed E-state index contributed by atoms with van der Waals surface area (Å²) in [6.45, 7) is 10.6. The molecular formula is C19H22BrN3O. The van der Waals surface area contributed by atoms with Crippen LogP contribution in [0.2, 0.25) is 0 Å². The Bertz CT molecular complexity index is 922. The third kappa shape index (κ3) is 2.71. The maximum absolute atomic E-state index is 5.66. The predicted octanol–water partition coefficient (Wildman–Crippen LogP) is 5.24. The van der Waals surface area contributed by atoms with E-state index in [0.717, 1.165) is 32.6 Å². The number of nitrogens with zero attached hydrogens (tertiary/aromatic N) is 3. The molecule has 0 bridgehead atoms. The number of ether oxygens (including phenoxy) is 1. The molecule has 0 spiro atoms. The van der Waals surface area contributed by atoms with Crippen LogP contribution < -0.4 is 4.74 Å². The first-order chi connectivity index (χ1) is 11.2. The smallest absolute Gasteiger partial charge is 0.154 e. The maximum atomic E-state index is 5.66. The molecule has 0 saturated carbocycles. The molecule has 0 saturated heterocycles. The highest BCUT2D eigenvalue weighted by molar-refractivity contribution is 9.10. The van der Waals surface area contributed by atoms with Gasteiger partial charge in [0.2, 0.25) is 0 Å². The maximum Gasteiger partial charge on any atom is 0.154 e. The van der Waals surface area contributed by atoms with Crippen LogP contribution in [0.15, 0.2) is 28.9 Å². The SMILES string of the molecule is COc1cc2c(nc1-c1cccc(C)c1C)c(Br)nn2C(C)(C)C. The molecule has 4 nitrogen and oxygen atoms in total. The van der Waals surface area contributed by atoms with Gasteiger partial charge in [-0.3, -0.25) is 4.68 Å². The van der Waals surface area contributed by atoms with E-state index in [9.17, 15) is 0 Å². The number of aryl methyl sites for hydroxylation is 1. The van der Waals surface area contributed by atoms with Crippen molar-refractivity contribution in [3.8, 4) is 17.0 Å². The van der Waals surface area contributed by atoms with Crippen molar-refractivity contribution < 1.29 is 4.74 Å². The second-order valence-electron chi connectivity index (χ2n) is 7.03. The molecule has 3 aromatic rings. The Morgan fingerprint density at radius 2 is 1.88 bits per heavy atom. The van der Waals surface area contributed by atoms with Gasteiger partial charge < -0.3 is 4.74 Å². The molecule has 0 atom stereocenters. The van der Waals surface area contributed by atoms with Gasteiger partial charge in [-0.2, -0.15) is 5.10 Å². The summed E-state index contributed by atoms with van der Waals surface area (Å²) in [6, 6.07) is 8.28. The Kier molecular flexibility index (Phi) is 4.16. The molecule has 2 aromatic heterocycles. The Morgan fingerprint density at radius 3 is 2.50 bits per heavy atom. The Labute approximate surface area is 151 Å². The first-order valence-electron chi connectivity index (χ1n) is 7.94. The number of halogens is 1. The lowest BCUT2D eigenvalue weighted by Gasteiger charge is -2.20. The van der Waals surface area contributed by atoms with E-state index in [1.165, 1.54) is 11.1 Å². The molecule has 2 heterocycles. The average Bonchev–Trinajstić information content (AvgIpc) is 2.85. The molecule has 3 rings (SSSR count). The first kappa shape index (κ1) is 17.0. The molecule has 0 N–H and O–H groups in total. The lowest BCUT2D eigenvalue weighted by Crippen LogP contribution is -2.22. The predicted molar refractivity (Wildman–Crippen MR) is 102 cm³/mol. The summed E-state index contributed by atoms with van der Waals surface area (Å²) in [5.41, 5.74) is 6.05. The van der Waals surface area contributed by atoms with Gasteiger partial charge in [-0.1, -0.05) is 18.2 Å². The van der Waals surface area contributed by atoms with Gasteiger partial charge >= 0.3 is 0 Å². The zero-order valence-corrected chi connectivity index (χ0v) is 16.5. The zero-order valence-electron chi connectivity index (χ0n) is 14.9. The molecule has 0 aliphatic carbocycles. The van der Waals surface area contributed by atoms with Crippen molar-refractivity contribution in [2.24, 2.45) is 0 Å². The minimum atomic E-state index is -0.141. The van der Waals surface area contributed by atoms with Gasteiger partial charge in [0.1, 0.15) is 17.0 Å². The molecule has 0 aliphatic heterocycles. The fourth-order valence-corrected chi connectivity index (χ4v) is 3.31. The molecule has 1 aromatic carbocycles. The minimum Gasteiger partial charge on any atom is -0.494 e. The quantitative estimate of drug-likeness (QED) is 0.603. The topological polar surface area (TPSA) is 39.9 Å². The van der Waals surface area contributed by atoms with Crippen LogP contribution in [0, 0.1) is 13.8 Å². The van der Waals surface area contributed by atoms with E-state index < -0.39 is 0 Å². The lowest BCUT2D eigenvalue weighted by molar-refractivity contribution is 0.366. The van der Waals surface area contributed by atoms with E-state index in [1.54, 1.807) is 7.11 Å². The highest BCUT2D eigenvalue weighted by Gasteiger charge is 2.23. The van der Waals surface area contributed by atoms with E-state index in [-0.39, 0.29) is 5.54 Å². The van der Waals surface area contributed by atoms with Crippen molar-refractivity contribution in [2.75, 3.05) is 7.11 Å². The van der Waals surface area contributed by atoms with Crippen molar-refractivity contribution in [1.82, 2.24) is 14.8 Å². The van der Waals surface area contributed by atoms with E-state index in [4.69, 9.17) is 9.72 Å². The molecule has 0 amide bonds. The minimum absolute atomic E-state index is 0.141. The Hall–Kier alpha value is -1.88. The molecule has 0 unspecified atom stereocenters. The van der Waals surface area contributed by atoms with Crippen LogP contribution in [-0.2, 0) is 5.54 Å². The number of aromatic nitrogens is 3. The summed E-state index contributed by atoms with van der Waals surface area (Å²) in [6.07, 6.45) is 0. The zero-order chi connectivity index (χ0) is 17.6. The fraction of sp³-hybridized carbons (Fsp3) is 0.368. The average molecular weight is 388 g/mol. The number of hydrogen-bond acceptors (Lipinski definition) is 3. The molecule has 0 aliphatic rings. The van der Waals surface area contributed by atoms with Crippen LogP contribution in [0.3, 0.4) is 0 Å². The molecular weight excluding hydrogens is 366 g/mol. The molecule has 0 radical (unpaired) electrons. The van der Waals surface area contributed by atoms with Crippen LogP contribution >= 0.6 is 15.9 Å². The van der Waals surface area contributed by atoms with Crippen LogP contribution in [0.5, 0.6) is 5.75 Å². The molecule has 0 fully saturated rings. The van der Waals surface area contributed by atoms with Gasteiger partial charge in [-0.05, 0) is 61.7 Å². The molecule has 24 heavy (non-hydrogen) atoms. The number of benzene rings is 1. The highest BCUT2D eigenvalue weighted by Crippen LogP contribution is 2.37. The number of hydrogen-bond donors (Lipinski definition) is 0. The van der Waals surface area contributed by atoms with E-state index in [0.29, 0.717) is 0 Å². The monoisotopic (exact) mass is 387 g/mol. The summed E-state index contributed by atoms with van der Waals surface area (Å²) in [4.78, 5) is 4.90. The number of rotatable bonds is 2. The fourth-order valence-electron chi connectivity index (χ4n) is 2.85. The van der Waals surface area contributed by atoms with Gasteiger partial charge in [0.25, 0.3) is 0 Å². The number of methoxy groups -OCH3 is 1. The van der Waals surface area contributed by atoms with E-state index in [2.05, 4.69) is 73.8 Å². The summed E-state index contributed by atoms with van der Waals surface area (Å²) in [5.74, 6) is 0.758. The van der Waals surface area contributed by atoms with Crippen LogP contribution in [0.4, 0.5) is 0 Å². The van der Waals surface area contributed by atoms with Crippen LogP contribution in [0.25, 0.3) is 22.3 Å². The van der Waals surface area contributed by atoms with E-state index >= 15 is 0 Å². The third-order valence-electron chi connectivity index (χ3n) is 4.29. The highest BCUT2D eigenvalue weighted by atomic mass is 79.9. The van der Waals surface area contributed by atoms with Crippen molar-refractivity contribution >= 4 is 27.0 Å².